The van der Waals surface area contributed by atoms with Gasteiger partial charge in [0.25, 0.3) is 0 Å². The van der Waals surface area contributed by atoms with E-state index in [-0.39, 0.29) is 11.9 Å². The van der Waals surface area contributed by atoms with Gasteiger partial charge >= 0.3 is 6.09 Å². The van der Waals surface area contributed by atoms with Crippen molar-refractivity contribution < 1.29 is 14.3 Å². The van der Waals surface area contributed by atoms with Crippen LogP contribution in [0, 0.1) is 0 Å². The first-order chi connectivity index (χ1) is 6.81. The summed E-state index contributed by atoms with van der Waals surface area (Å²) >= 11 is 0. The fourth-order valence-corrected chi connectivity index (χ4v) is 1.64. The molecule has 0 aliphatic carbocycles. The second-order valence-electron chi connectivity index (χ2n) is 4.99. The largest absolute Gasteiger partial charge is 0.443 e. The van der Waals surface area contributed by atoms with Crippen molar-refractivity contribution in [2.24, 2.45) is 0 Å². The summed E-state index contributed by atoms with van der Waals surface area (Å²) in [5, 5.41) is 0. The lowest BCUT2D eigenvalue weighted by molar-refractivity contribution is -0.134. The van der Waals surface area contributed by atoms with Crippen LogP contribution in [0.25, 0.3) is 0 Å². The number of hydrogen-bond donors (Lipinski definition) is 0. The van der Waals surface area contributed by atoms with Crippen molar-refractivity contribution in [3.63, 3.8) is 0 Å². The number of carbonyl (C=O) groups is 2. The lowest BCUT2D eigenvalue weighted by Gasteiger charge is -2.33. The minimum Gasteiger partial charge on any atom is -0.443 e. The van der Waals surface area contributed by atoms with Crippen molar-refractivity contribution in [2.75, 3.05) is 0 Å². The Morgan fingerprint density at radius 1 is 1.47 bits per heavy atom. The van der Waals surface area contributed by atoms with E-state index in [0.717, 1.165) is 12.8 Å². The van der Waals surface area contributed by atoms with Gasteiger partial charge in [0.2, 0.25) is 5.91 Å². The van der Waals surface area contributed by atoms with Gasteiger partial charge in [0, 0.05) is 12.5 Å². The Hall–Kier alpha value is -1.06. The highest BCUT2D eigenvalue weighted by molar-refractivity contribution is 5.93. The Morgan fingerprint density at radius 3 is 2.53 bits per heavy atom. The van der Waals surface area contributed by atoms with E-state index in [9.17, 15) is 9.59 Å². The van der Waals surface area contributed by atoms with E-state index in [1.165, 1.54) is 4.90 Å². The molecule has 0 unspecified atom stereocenters. The summed E-state index contributed by atoms with van der Waals surface area (Å²) in [6, 6.07) is -0.0406. The van der Waals surface area contributed by atoms with Crippen molar-refractivity contribution in [2.45, 2.75) is 58.6 Å². The van der Waals surface area contributed by atoms with E-state index < -0.39 is 11.7 Å². The van der Waals surface area contributed by atoms with E-state index in [0.29, 0.717) is 6.42 Å². The molecule has 0 aromatic rings. The number of imide groups is 1. The molecule has 0 bridgehead atoms. The minimum absolute atomic E-state index is 0.0406. The first-order valence-electron chi connectivity index (χ1n) is 5.36. The lowest BCUT2D eigenvalue weighted by atomic mass is 10.0. The van der Waals surface area contributed by atoms with E-state index >= 15 is 0 Å². The molecule has 1 aliphatic rings. The molecule has 0 aromatic carbocycles. The van der Waals surface area contributed by atoms with Crippen molar-refractivity contribution in [3.05, 3.63) is 0 Å². The number of nitrogens with zero attached hydrogens (tertiary/aromatic N) is 1. The zero-order chi connectivity index (χ0) is 11.6. The fraction of sp³-hybridized carbons (Fsp3) is 0.818. The van der Waals surface area contributed by atoms with Crippen LogP contribution in [0.4, 0.5) is 4.79 Å². The van der Waals surface area contributed by atoms with E-state index in [1.807, 2.05) is 6.92 Å². The third kappa shape index (κ3) is 3.22. The molecule has 86 valence electrons. The van der Waals surface area contributed by atoms with Gasteiger partial charge in [-0.05, 0) is 40.5 Å². The van der Waals surface area contributed by atoms with Crippen molar-refractivity contribution in [3.8, 4) is 0 Å². The van der Waals surface area contributed by atoms with Crippen molar-refractivity contribution >= 4 is 12.0 Å². The number of hydrogen-bond acceptors (Lipinski definition) is 3. The van der Waals surface area contributed by atoms with Crippen molar-refractivity contribution in [1.29, 1.82) is 0 Å². The maximum atomic E-state index is 11.7. The predicted octanol–water partition coefficient (Wildman–Crippen LogP) is 2.32. The monoisotopic (exact) mass is 213 g/mol. The van der Waals surface area contributed by atoms with Crippen LogP contribution in [-0.4, -0.2) is 28.5 Å². The summed E-state index contributed by atoms with van der Waals surface area (Å²) < 4.78 is 5.18. The quantitative estimate of drug-likeness (QED) is 0.620. The minimum atomic E-state index is -0.547. The highest BCUT2D eigenvalue weighted by Crippen LogP contribution is 2.20. The Kier molecular flexibility index (Phi) is 3.37. The number of piperidine rings is 1. The normalized spacial score (nSPS) is 22.8. The molecule has 0 N–H and O–H groups in total. The van der Waals surface area contributed by atoms with Crippen LogP contribution in [0.5, 0.6) is 0 Å². The third-order valence-electron chi connectivity index (χ3n) is 2.31. The Bertz CT molecular complexity index is 267. The first kappa shape index (κ1) is 12.0. The molecule has 1 fully saturated rings. The second-order valence-corrected chi connectivity index (χ2v) is 4.99. The van der Waals surface area contributed by atoms with Gasteiger partial charge in [-0.3, -0.25) is 4.79 Å². The molecule has 1 atom stereocenters. The molecular formula is C11H19NO3. The highest BCUT2D eigenvalue weighted by atomic mass is 16.6. The van der Waals surface area contributed by atoms with Crippen LogP contribution in [0.1, 0.15) is 47.0 Å². The van der Waals surface area contributed by atoms with Crippen LogP contribution in [0.15, 0.2) is 0 Å². The van der Waals surface area contributed by atoms with Gasteiger partial charge in [0.1, 0.15) is 5.60 Å². The molecular weight excluding hydrogens is 194 g/mol. The molecule has 0 radical (unpaired) electrons. The maximum Gasteiger partial charge on any atom is 0.417 e. The molecule has 1 heterocycles. The molecule has 1 aliphatic heterocycles. The van der Waals surface area contributed by atoms with Gasteiger partial charge in [-0.1, -0.05) is 0 Å². The van der Waals surface area contributed by atoms with Crippen LogP contribution in [-0.2, 0) is 9.53 Å². The molecule has 1 saturated heterocycles. The average Bonchev–Trinajstić information content (AvgIpc) is 1.99. The summed E-state index contributed by atoms with van der Waals surface area (Å²) in [4.78, 5) is 24.5. The van der Waals surface area contributed by atoms with Gasteiger partial charge in [-0.15, -0.1) is 0 Å². The number of ether oxygens (including phenoxy) is 1. The SMILES string of the molecule is C[C@@H]1CCCC(=O)N1C(=O)OC(C)(C)C. The number of rotatable bonds is 0. The molecule has 2 amide bonds. The molecule has 1 rings (SSSR count). The summed E-state index contributed by atoms with van der Waals surface area (Å²) in [5.41, 5.74) is -0.547. The number of amides is 2. The smallest absolute Gasteiger partial charge is 0.417 e. The number of carbonyl (C=O) groups excluding carboxylic acids is 2. The zero-order valence-corrected chi connectivity index (χ0v) is 9.87. The van der Waals surface area contributed by atoms with Gasteiger partial charge in [0.15, 0.2) is 0 Å². The third-order valence-corrected chi connectivity index (χ3v) is 2.31. The molecule has 0 saturated carbocycles. The Balaban J connectivity index is 2.68. The molecule has 0 aromatic heterocycles. The molecule has 4 heteroatoms. The van der Waals surface area contributed by atoms with Gasteiger partial charge < -0.3 is 4.74 Å². The fourth-order valence-electron chi connectivity index (χ4n) is 1.64. The Labute approximate surface area is 90.6 Å². The average molecular weight is 213 g/mol. The molecule has 4 nitrogen and oxygen atoms in total. The van der Waals surface area contributed by atoms with Crippen molar-refractivity contribution in [1.82, 2.24) is 4.90 Å². The van der Waals surface area contributed by atoms with Gasteiger partial charge in [0.05, 0.1) is 0 Å². The standard InChI is InChI=1S/C11H19NO3/c1-8-6-5-7-9(13)12(8)10(14)15-11(2,3)4/h8H,5-7H2,1-4H3/t8-/m1/s1. The van der Waals surface area contributed by atoms with Crippen LogP contribution in [0.3, 0.4) is 0 Å². The summed E-state index contributed by atoms with van der Waals surface area (Å²) in [5.74, 6) is -0.122. The highest BCUT2D eigenvalue weighted by Gasteiger charge is 2.33. The van der Waals surface area contributed by atoms with Gasteiger partial charge in [-0.2, -0.15) is 0 Å². The summed E-state index contributed by atoms with van der Waals surface area (Å²) in [6.07, 6.45) is 1.66. The van der Waals surface area contributed by atoms with E-state index in [2.05, 4.69) is 0 Å². The van der Waals surface area contributed by atoms with Crippen LogP contribution >= 0.6 is 0 Å². The van der Waals surface area contributed by atoms with Crippen LogP contribution < -0.4 is 0 Å². The summed E-state index contributed by atoms with van der Waals surface area (Å²) in [6.45, 7) is 7.26. The first-order valence-corrected chi connectivity index (χ1v) is 5.36. The number of likely N-dealkylation sites (tertiary alicyclic amines) is 1. The van der Waals surface area contributed by atoms with Gasteiger partial charge in [-0.25, -0.2) is 9.69 Å². The maximum absolute atomic E-state index is 11.7. The molecule has 15 heavy (non-hydrogen) atoms. The second kappa shape index (κ2) is 4.21. The molecule has 0 spiro atoms. The lowest BCUT2D eigenvalue weighted by Crippen LogP contribution is -2.48. The predicted molar refractivity (Wildman–Crippen MR) is 56.4 cm³/mol. The zero-order valence-electron chi connectivity index (χ0n) is 9.87. The Morgan fingerprint density at radius 2 is 2.07 bits per heavy atom. The van der Waals surface area contributed by atoms with Crippen LogP contribution in [0.2, 0.25) is 0 Å². The summed E-state index contributed by atoms with van der Waals surface area (Å²) in [7, 11) is 0. The topological polar surface area (TPSA) is 46.6 Å². The van der Waals surface area contributed by atoms with E-state index in [4.69, 9.17) is 4.74 Å². The van der Waals surface area contributed by atoms with E-state index in [1.54, 1.807) is 20.8 Å².